The molecule has 8 heteroatoms. The van der Waals surface area contributed by atoms with Crippen LogP contribution in [0.15, 0.2) is 21.1 Å². The molecule has 0 bridgehead atoms. The summed E-state index contributed by atoms with van der Waals surface area (Å²) in [6, 6.07) is 3.35. The molecule has 142 valence electrons. The largest absolute Gasteiger partial charge is 0.464 e. The molecule has 3 heterocycles. The lowest BCUT2D eigenvalue weighted by Gasteiger charge is -2.33. The van der Waals surface area contributed by atoms with Crippen LogP contribution in [0.5, 0.6) is 0 Å². The van der Waals surface area contributed by atoms with Crippen LogP contribution in [-0.4, -0.2) is 47.9 Å². The van der Waals surface area contributed by atoms with Gasteiger partial charge in [0.05, 0.1) is 6.61 Å². The van der Waals surface area contributed by atoms with Crippen LogP contribution in [-0.2, 0) is 11.2 Å². The number of furan rings is 1. The molecule has 26 heavy (non-hydrogen) atoms. The van der Waals surface area contributed by atoms with Gasteiger partial charge in [0.2, 0.25) is 5.89 Å². The standard InChI is InChI=1S/C18H26N4O4/c1-12-6-7-16(25-12)15(11-24-3)20-18(23)22-8-4-5-14(10-22)9-17-19-13(2)26-21-17/h6-7,14-15H,4-5,8-11H2,1-3H3,(H,20,23). The van der Waals surface area contributed by atoms with Crippen molar-refractivity contribution in [2.75, 3.05) is 26.8 Å². The van der Waals surface area contributed by atoms with Gasteiger partial charge in [0.15, 0.2) is 5.82 Å². The van der Waals surface area contributed by atoms with E-state index in [-0.39, 0.29) is 12.1 Å². The van der Waals surface area contributed by atoms with Crippen LogP contribution in [0.3, 0.4) is 0 Å². The van der Waals surface area contributed by atoms with Crippen molar-refractivity contribution in [3.05, 3.63) is 35.4 Å². The van der Waals surface area contributed by atoms with Crippen molar-refractivity contribution in [3.63, 3.8) is 0 Å². The lowest BCUT2D eigenvalue weighted by Crippen LogP contribution is -2.47. The second-order valence-corrected chi connectivity index (χ2v) is 6.79. The Kier molecular flexibility index (Phi) is 5.92. The van der Waals surface area contributed by atoms with Gasteiger partial charge in [-0.3, -0.25) is 0 Å². The number of rotatable bonds is 6. The molecule has 1 aliphatic rings. The van der Waals surface area contributed by atoms with Crippen LogP contribution in [0.2, 0.25) is 0 Å². The number of urea groups is 1. The van der Waals surface area contributed by atoms with E-state index in [1.807, 2.05) is 24.0 Å². The third kappa shape index (κ3) is 4.63. The number of carbonyl (C=O) groups excluding carboxylic acids is 1. The predicted octanol–water partition coefficient (Wildman–Crippen LogP) is 2.63. The normalized spacial score (nSPS) is 18.7. The molecule has 3 rings (SSSR count). The van der Waals surface area contributed by atoms with Crippen LogP contribution in [0.4, 0.5) is 4.79 Å². The van der Waals surface area contributed by atoms with E-state index in [0.29, 0.717) is 36.5 Å². The quantitative estimate of drug-likeness (QED) is 0.849. The zero-order valence-electron chi connectivity index (χ0n) is 15.5. The Morgan fingerprint density at radius 2 is 2.31 bits per heavy atom. The van der Waals surface area contributed by atoms with Crippen LogP contribution in [0.1, 0.15) is 42.1 Å². The number of carbonyl (C=O) groups is 1. The van der Waals surface area contributed by atoms with Gasteiger partial charge in [-0.2, -0.15) is 4.98 Å². The highest BCUT2D eigenvalue weighted by molar-refractivity contribution is 5.74. The van der Waals surface area contributed by atoms with Gasteiger partial charge in [0, 0.05) is 33.5 Å². The number of nitrogens with one attached hydrogen (secondary N) is 1. The summed E-state index contributed by atoms with van der Waals surface area (Å²) in [5.74, 6) is 3.12. The van der Waals surface area contributed by atoms with E-state index in [4.69, 9.17) is 13.7 Å². The van der Waals surface area contributed by atoms with Crippen LogP contribution >= 0.6 is 0 Å². The highest BCUT2D eigenvalue weighted by atomic mass is 16.5. The predicted molar refractivity (Wildman–Crippen MR) is 93.6 cm³/mol. The molecule has 2 atom stereocenters. The number of hydrogen-bond acceptors (Lipinski definition) is 6. The Hall–Kier alpha value is -2.35. The first-order valence-electron chi connectivity index (χ1n) is 8.95. The summed E-state index contributed by atoms with van der Waals surface area (Å²) in [7, 11) is 1.61. The monoisotopic (exact) mass is 362 g/mol. The Bertz CT molecular complexity index is 726. The molecule has 0 aromatic carbocycles. The first-order chi connectivity index (χ1) is 12.5. The van der Waals surface area contributed by atoms with Crippen molar-refractivity contribution >= 4 is 6.03 Å². The minimum absolute atomic E-state index is 0.102. The number of amides is 2. The second kappa shape index (κ2) is 8.35. The van der Waals surface area contributed by atoms with Crippen molar-refractivity contribution < 1.29 is 18.5 Å². The molecular formula is C18H26N4O4. The molecule has 1 N–H and O–H groups in total. The number of likely N-dealkylation sites (tertiary alicyclic amines) is 1. The Morgan fingerprint density at radius 1 is 1.46 bits per heavy atom. The molecule has 0 saturated carbocycles. The number of nitrogens with zero attached hydrogens (tertiary/aromatic N) is 3. The number of ether oxygens (including phenoxy) is 1. The Labute approximate surface area is 152 Å². The van der Waals surface area contributed by atoms with E-state index in [1.54, 1.807) is 14.0 Å². The highest BCUT2D eigenvalue weighted by Gasteiger charge is 2.27. The van der Waals surface area contributed by atoms with Crippen molar-refractivity contribution in [2.45, 2.75) is 39.2 Å². The average molecular weight is 362 g/mol. The first-order valence-corrected chi connectivity index (χ1v) is 8.95. The summed E-state index contributed by atoms with van der Waals surface area (Å²) in [5.41, 5.74) is 0. The SMILES string of the molecule is COCC(NC(=O)N1CCCC(Cc2noc(C)n2)C1)c1ccc(C)o1. The van der Waals surface area contributed by atoms with Crippen LogP contribution in [0.25, 0.3) is 0 Å². The number of aromatic nitrogens is 2. The molecule has 1 fully saturated rings. The summed E-state index contributed by atoms with van der Waals surface area (Å²) in [6.45, 7) is 5.44. The number of aryl methyl sites for hydroxylation is 2. The van der Waals surface area contributed by atoms with E-state index in [9.17, 15) is 4.79 Å². The van der Waals surface area contributed by atoms with E-state index >= 15 is 0 Å². The van der Waals surface area contributed by atoms with Crippen molar-refractivity contribution in [3.8, 4) is 0 Å². The summed E-state index contributed by atoms with van der Waals surface area (Å²) >= 11 is 0. The average Bonchev–Trinajstić information content (AvgIpc) is 3.23. The lowest BCUT2D eigenvalue weighted by atomic mass is 9.95. The van der Waals surface area contributed by atoms with Gasteiger partial charge >= 0.3 is 6.03 Å². The number of methoxy groups -OCH3 is 1. The Balaban J connectivity index is 1.58. The maximum Gasteiger partial charge on any atom is 0.318 e. The third-order valence-electron chi connectivity index (χ3n) is 4.58. The van der Waals surface area contributed by atoms with Gasteiger partial charge in [-0.1, -0.05) is 5.16 Å². The third-order valence-corrected chi connectivity index (χ3v) is 4.58. The summed E-state index contributed by atoms with van der Waals surface area (Å²) in [6.07, 6.45) is 2.74. The molecule has 8 nitrogen and oxygen atoms in total. The zero-order valence-corrected chi connectivity index (χ0v) is 15.5. The fraction of sp³-hybridized carbons (Fsp3) is 0.611. The maximum atomic E-state index is 12.7. The second-order valence-electron chi connectivity index (χ2n) is 6.79. The van der Waals surface area contributed by atoms with Gasteiger partial charge in [0.1, 0.15) is 17.6 Å². The number of hydrogen-bond donors (Lipinski definition) is 1. The van der Waals surface area contributed by atoms with Crippen LogP contribution in [0, 0.1) is 19.8 Å². The smallest absolute Gasteiger partial charge is 0.318 e. The van der Waals surface area contributed by atoms with Gasteiger partial charge in [-0.25, -0.2) is 4.79 Å². The zero-order chi connectivity index (χ0) is 18.5. The van der Waals surface area contributed by atoms with Crippen LogP contribution < -0.4 is 5.32 Å². The summed E-state index contributed by atoms with van der Waals surface area (Å²) in [4.78, 5) is 18.8. The minimum Gasteiger partial charge on any atom is -0.464 e. The topological polar surface area (TPSA) is 93.6 Å². The van der Waals surface area contributed by atoms with Crippen molar-refractivity contribution in [1.82, 2.24) is 20.4 Å². The maximum absolute atomic E-state index is 12.7. The first kappa shape index (κ1) is 18.4. The highest BCUT2D eigenvalue weighted by Crippen LogP contribution is 2.22. The number of piperidine rings is 1. The fourth-order valence-corrected chi connectivity index (χ4v) is 3.34. The van der Waals surface area contributed by atoms with Gasteiger partial charge in [-0.05, 0) is 37.8 Å². The van der Waals surface area contributed by atoms with E-state index in [2.05, 4.69) is 15.5 Å². The molecular weight excluding hydrogens is 336 g/mol. The van der Waals surface area contributed by atoms with E-state index < -0.39 is 0 Å². The van der Waals surface area contributed by atoms with Gasteiger partial charge in [-0.15, -0.1) is 0 Å². The molecule has 2 unspecified atom stereocenters. The molecule has 2 amide bonds. The van der Waals surface area contributed by atoms with E-state index in [1.165, 1.54) is 0 Å². The molecule has 0 radical (unpaired) electrons. The fourth-order valence-electron chi connectivity index (χ4n) is 3.34. The van der Waals surface area contributed by atoms with Crippen molar-refractivity contribution in [1.29, 1.82) is 0 Å². The van der Waals surface area contributed by atoms with E-state index in [0.717, 1.165) is 31.6 Å². The molecule has 0 spiro atoms. The van der Waals surface area contributed by atoms with Gasteiger partial charge < -0.3 is 23.9 Å². The molecule has 1 aliphatic heterocycles. The lowest BCUT2D eigenvalue weighted by molar-refractivity contribution is 0.135. The molecule has 2 aromatic heterocycles. The Morgan fingerprint density at radius 3 is 2.96 bits per heavy atom. The summed E-state index contributed by atoms with van der Waals surface area (Å²) in [5, 5.41) is 6.98. The summed E-state index contributed by atoms with van der Waals surface area (Å²) < 4.78 is 15.9. The molecule has 2 aromatic rings. The van der Waals surface area contributed by atoms with Gasteiger partial charge in [0.25, 0.3) is 0 Å². The minimum atomic E-state index is -0.304. The molecule has 1 saturated heterocycles. The van der Waals surface area contributed by atoms with Crippen molar-refractivity contribution in [2.24, 2.45) is 5.92 Å². The molecule has 0 aliphatic carbocycles.